The Balaban J connectivity index is 3.06. The quantitative estimate of drug-likeness (QED) is 0.877. The van der Waals surface area contributed by atoms with Crippen LogP contribution in [0, 0.1) is 11.6 Å². The van der Waals surface area contributed by atoms with Gasteiger partial charge in [-0.25, -0.2) is 8.78 Å². The van der Waals surface area contributed by atoms with E-state index in [0.29, 0.717) is 12.1 Å². The lowest BCUT2D eigenvalue weighted by atomic mass is 10.0. The molecule has 120 valence electrons. The van der Waals surface area contributed by atoms with E-state index in [9.17, 15) is 13.9 Å². The van der Waals surface area contributed by atoms with Crippen molar-refractivity contribution in [3.05, 3.63) is 29.3 Å². The van der Waals surface area contributed by atoms with Gasteiger partial charge in [-0.3, -0.25) is 0 Å². The van der Waals surface area contributed by atoms with Crippen LogP contribution in [0.1, 0.15) is 40.2 Å². The topological polar surface area (TPSA) is 35.5 Å². The number of halogens is 2. The SMILES string of the molecule is CN(c1c(F)cc(CNC(C)(C)C)cc1F)C(C)(C)CO. The summed E-state index contributed by atoms with van der Waals surface area (Å²) in [6, 6.07) is 2.67. The highest BCUT2D eigenvalue weighted by molar-refractivity contribution is 5.52. The molecule has 0 radical (unpaired) electrons. The molecule has 1 aromatic carbocycles. The molecule has 0 spiro atoms. The van der Waals surface area contributed by atoms with Crippen molar-refractivity contribution in [3.8, 4) is 0 Å². The first kappa shape index (κ1) is 17.9. The zero-order valence-corrected chi connectivity index (χ0v) is 13.7. The molecule has 1 rings (SSSR count). The molecule has 0 aliphatic rings. The van der Waals surface area contributed by atoms with Gasteiger partial charge in [0.05, 0.1) is 12.1 Å². The molecular weight excluding hydrogens is 274 g/mol. The maximum atomic E-state index is 14.3. The van der Waals surface area contributed by atoms with Gasteiger partial charge in [0.1, 0.15) is 17.3 Å². The smallest absolute Gasteiger partial charge is 0.149 e. The Hall–Kier alpha value is -1.20. The van der Waals surface area contributed by atoms with E-state index in [0.717, 1.165) is 0 Å². The number of aliphatic hydroxyl groups is 1. The summed E-state index contributed by atoms with van der Waals surface area (Å²) < 4.78 is 28.5. The van der Waals surface area contributed by atoms with Crippen LogP contribution in [0.2, 0.25) is 0 Å². The van der Waals surface area contributed by atoms with Gasteiger partial charge < -0.3 is 15.3 Å². The summed E-state index contributed by atoms with van der Waals surface area (Å²) in [4.78, 5) is 1.43. The maximum Gasteiger partial charge on any atom is 0.149 e. The minimum atomic E-state index is -0.743. The van der Waals surface area contributed by atoms with Gasteiger partial charge in [0.15, 0.2) is 0 Å². The molecular formula is C16H26F2N2O. The Kier molecular flexibility index (Phi) is 5.34. The van der Waals surface area contributed by atoms with Crippen LogP contribution in [0.4, 0.5) is 14.5 Å². The molecule has 0 bridgehead atoms. The number of aliphatic hydroxyl groups excluding tert-OH is 1. The first-order chi connectivity index (χ1) is 9.48. The first-order valence-electron chi connectivity index (χ1n) is 7.05. The van der Waals surface area contributed by atoms with Crippen LogP contribution in [-0.4, -0.2) is 29.8 Å². The molecule has 1 aromatic rings. The third-order valence-electron chi connectivity index (χ3n) is 3.53. The van der Waals surface area contributed by atoms with E-state index in [-0.39, 0.29) is 17.8 Å². The Morgan fingerprint density at radius 2 is 1.57 bits per heavy atom. The average molecular weight is 300 g/mol. The number of hydrogen-bond acceptors (Lipinski definition) is 3. The average Bonchev–Trinajstić information content (AvgIpc) is 2.34. The van der Waals surface area contributed by atoms with Crippen LogP contribution in [0.25, 0.3) is 0 Å². The number of anilines is 1. The zero-order chi connectivity index (χ0) is 16.4. The molecule has 0 aliphatic heterocycles. The molecule has 0 saturated heterocycles. The number of rotatable bonds is 5. The number of nitrogens with zero attached hydrogens (tertiary/aromatic N) is 1. The van der Waals surface area contributed by atoms with Crippen molar-refractivity contribution in [3.63, 3.8) is 0 Å². The third-order valence-corrected chi connectivity index (χ3v) is 3.53. The Bertz CT molecular complexity index is 473. The summed E-state index contributed by atoms with van der Waals surface area (Å²) in [6.07, 6.45) is 0. The molecule has 21 heavy (non-hydrogen) atoms. The van der Waals surface area contributed by atoms with Crippen LogP contribution in [0.3, 0.4) is 0 Å². The lowest BCUT2D eigenvalue weighted by molar-refractivity contribution is 0.215. The van der Waals surface area contributed by atoms with E-state index < -0.39 is 17.2 Å². The van der Waals surface area contributed by atoms with Crippen LogP contribution in [0.5, 0.6) is 0 Å². The lowest BCUT2D eigenvalue weighted by Gasteiger charge is -2.36. The minimum absolute atomic E-state index is 0.117. The molecule has 2 N–H and O–H groups in total. The second kappa shape index (κ2) is 6.28. The van der Waals surface area contributed by atoms with E-state index in [4.69, 9.17) is 0 Å². The Labute approximate surface area is 126 Å². The standard InChI is InChI=1S/C16H26F2N2O/c1-15(2,3)19-9-11-7-12(17)14(13(18)8-11)20(6)16(4,5)10-21/h7-8,19,21H,9-10H2,1-6H3. The summed E-state index contributed by atoms with van der Waals surface area (Å²) in [5.41, 5.74) is -0.429. The van der Waals surface area contributed by atoms with Gasteiger partial charge in [-0.2, -0.15) is 0 Å². The van der Waals surface area contributed by atoms with Crippen LogP contribution in [0.15, 0.2) is 12.1 Å². The first-order valence-corrected chi connectivity index (χ1v) is 7.05. The van der Waals surface area contributed by atoms with E-state index >= 15 is 0 Å². The minimum Gasteiger partial charge on any atom is -0.394 e. The number of likely N-dealkylation sites (N-methyl/N-ethyl adjacent to an activating group) is 1. The molecule has 3 nitrogen and oxygen atoms in total. The van der Waals surface area contributed by atoms with E-state index in [1.807, 2.05) is 20.8 Å². The van der Waals surface area contributed by atoms with Crippen molar-refractivity contribution >= 4 is 5.69 Å². The molecule has 0 aliphatic carbocycles. The van der Waals surface area contributed by atoms with Crippen LogP contribution >= 0.6 is 0 Å². The van der Waals surface area contributed by atoms with Crippen LogP contribution < -0.4 is 10.2 Å². The molecule has 0 heterocycles. The van der Waals surface area contributed by atoms with Gasteiger partial charge in [0.25, 0.3) is 0 Å². The van der Waals surface area contributed by atoms with Crippen molar-refractivity contribution in [2.75, 3.05) is 18.6 Å². The largest absolute Gasteiger partial charge is 0.394 e. The predicted molar refractivity (Wildman–Crippen MR) is 82.5 cm³/mol. The molecule has 0 amide bonds. The third kappa shape index (κ3) is 4.64. The van der Waals surface area contributed by atoms with Crippen molar-refractivity contribution in [1.29, 1.82) is 0 Å². The lowest BCUT2D eigenvalue weighted by Crippen LogP contribution is -2.45. The van der Waals surface area contributed by atoms with Gasteiger partial charge in [-0.15, -0.1) is 0 Å². The summed E-state index contributed by atoms with van der Waals surface area (Å²) in [5, 5.41) is 12.5. The highest BCUT2D eigenvalue weighted by Crippen LogP contribution is 2.29. The van der Waals surface area contributed by atoms with Crippen molar-refractivity contribution in [1.82, 2.24) is 5.32 Å². The molecule has 0 saturated carbocycles. The predicted octanol–water partition coefficient (Wildman–Crippen LogP) is 3.06. The van der Waals surface area contributed by atoms with Crippen molar-refractivity contribution in [2.24, 2.45) is 0 Å². The van der Waals surface area contributed by atoms with E-state index in [1.165, 1.54) is 17.0 Å². The fraction of sp³-hybridized carbons (Fsp3) is 0.625. The van der Waals surface area contributed by atoms with Crippen molar-refractivity contribution < 1.29 is 13.9 Å². The highest BCUT2D eigenvalue weighted by atomic mass is 19.1. The summed E-state index contributed by atoms with van der Waals surface area (Å²) >= 11 is 0. The molecule has 0 atom stereocenters. The fourth-order valence-electron chi connectivity index (χ4n) is 1.82. The van der Waals surface area contributed by atoms with Crippen molar-refractivity contribution in [2.45, 2.75) is 52.2 Å². The Morgan fingerprint density at radius 1 is 1.10 bits per heavy atom. The molecule has 0 unspecified atom stereocenters. The number of nitrogens with one attached hydrogen (secondary N) is 1. The monoisotopic (exact) mass is 300 g/mol. The summed E-state index contributed by atoms with van der Waals surface area (Å²) in [6.45, 7) is 9.62. The zero-order valence-electron chi connectivity index (χ0n) is 13.7. The van der Waals surface area contributed by atoms with Gasteiger partial charge >= 0.3 is 0 Å². The van der Waals surface area contributed by atoms with Gasteiger partial charge in [0, 0.05) is 19.1 Å². The maximum absolute atomic E-state index is 14.3. The van der Waals surface area contributed by atoms with Gasteiger partial charge in [-0.1, -0.05) is 0 Å². The van der Waals surface area contributed by atoms with E-state index in [2.05, 4.69) is 5.32 Å². The number of benzene rings is 1. The second-order valence-corrected chi connectivity index (χ2v) is 7.04. The van der Waals surface area contributed by atoms with Gasteiger partial charge in [-0.05, 0) is 52.3 Å². The van der Waals surface area contributed by atoms with Crippen LogP contribution in [-0.2, 0) is 6.54 Å². The summed E-state index contributed by atoms with van der Waals surface area (Å²) in [5.74, 6) is -1.24. The molecule has 5 heteroatoms. The Morgan fingerprint density at radius 3 is 1.95 bits per heavy atom. The molecule has 0 fully saturated rings. The van der Waals surface area contributed by atoms with E-state index in [1.54, 1.807) is 20.9 Å². The highest BCUT2D eigenvalue weighted by Gasteiger charge is 2.27. The second-order valence-electron chi connectivity index (χ2n) is 7.04. The molecule has 0 aromatic heterocycles. The normalized spacial score (nSPS) is 12.6. The summed E-state index contributed by atoms with van der Waals surface area (Å²) in [7, 11) is 1.57. The van der Waals surface area contributed by atoms with Gasteiger partial charge in [0.2, 0.25) is 0 Å². The fourth-order valence-corrected chi connectivity index (χ4v) is 1.82. The number of hydrogen-bond donors (Lipinski definition) is 2.